The van der Waals surface area contributed by atoms with Crippen molar-refractivity contribution in [3.05, 3.63) is 70.3 Å². The maximum atomic E-state index is 7.75. The molecule has 0 spiro atoms. The van der Waals surface area contributed by atoms with Crippen molar-refractivity contribution >= 4 is 0 Å². The molecule has 0 heterocycles. The Balaban J connectivity index is 2.01. The standard InChI is InChI=1S/C19H22/c1-14(2)19-13-17-8-7-15-3-5-16(6-4-15)9-11-18(19)12-10-17/h3-6,10,12-14H,7-9,11H2,1-2H3/i1D3. The first-order valence-corrected chi connectivity index (χ1v) is 7.13. The van der Waals surface area contributed by atoms with Crippen molar-refractivity contribution in [2.75, 3.05) is 0 Å². The summed E-state index contributed by atoms with van der Waals surface area (Å²) in [4.78, 5) is 0. The molecule has 4 aliphatic rings. The van der Waals surface area contributed by atoms with Gasteiger partial charge in [-0.25, -0.2) is 0 Å². The Morgan fingerprint density at radius 3 is 2.11 bits per heavy atom. The van der Waals surface area contributed by atoms with Crippen molar-refractivity contribution in [2.45, 2.75) is 45.4 Å². The van der Waals surface area contributed by atoms with Gasteiger partial charge in [0.2, 0.25) is 0 Å². The average Bonchev–Trinajstić information content (AvgIpc) is 2.48. The Hall–Kier alpha value is -1.56. The molecule has 0 aromatic heterocycles. The van der Waals surface area contributed by atoms with E-state index in [2.05, 4.69) is 42.5 Å². The van der Waals surface area contributed by atoms with Gasteiger partial charge in [-0.15, -0.1) is 0 Å². The fourth-order valence-electron chi connectivity index (χ4n) is 2.87. The summed E-state index contributed by atoms with van der Waals surface area (Å²) in [5, 5.41) is 0. The van der Waals surface area contributed by atoms with Gasteiger partial charge in [0.05, 0.1) is 0 Å². The average molecular weight is 253 g/mol. The third-order valence-electron chi connectivity index (χ3n) is 4.09. The highest BCUT2D eigenvalue weighted by atomic mass is 14.1. The smallest absolute Gasteiger partial charge is 0.0236 e. The molecule has 0 heteroatoms. The molecule has 0 fully saturated rings. The molecule has 98 valence electrons. The van der Waals surface area contributed by atoms with Crippen LogP contribution >= 0.6 is 0 Å². The van der Waals surface area contributed by atoms with Crippen LogP contribution in [0.1, 0.15) is 51.6 Å². The van der Waals surface area contributed by atoms with Crippen LogP contribution in [0.2, 0.25) is 0 Å². The number of aryl methyl sites for hydroxylation is 4. The third kappa shape index (κ3) is 2.73. The first-order valence-electron chi connectivity index (χ1n) is 8.63. The van der Waals surface area contributed by atoms with Crippen LogP contribution in [0.4, 0.5) is 0 Å². The Labute approximate surface area is 120 Å². The third-order valence-corrected chi connectivity index (χ3v) is 4.09. The van der Waals surface area contributed by atoms with Crippen molar-refractivity contribution in [1.29, 1.82) is 0 Å². The zero-order valence-corrected chi connectivity index (χ0v) is 11.4. The van der Waals surface area contributed by atoms with Gasteiger partial charge < -0.3 is 0 Å². The molecule has 6 rings (SSSR count). The first-order chi connectivity index (χ1) is 10.4. The van der Waals surface area contributed by atoms with Crippen LogP contribution < -0.4 is 0 Å². The summed E-state index contributed by atoms with van der Waals surface area (Å²) in [7, 11) is 0. The quantitative estimate of drug-likeness (QED) is 0.691. The van der Waals surface area contributed by atoms with E-state index in [0.29, 0.717) is 0 Å². The van der Waals surface area contributed by atoms with Gasteiger partial charge in [0.1, 0.15) is 0 Å². The van der Waals surface area contributed by atoms with Gasteiger partial charge >= 0.3 is 0 Å². The van der Waals surface area contributed by atoms with E-state index in [-0.39, 0.29) is 0 Å². The molecule has 4 aliphatic carbocycles. The lowest BCUT2D eigenvalue weighted by molar-refractivity contribution is 0.818. The van der Waals surface area contributed by atoms with E-state index in [9.17, 15) is 0 Å². The monoisotopic (exact) mass is 253 g/mol. The molecule has 1 atom stereocenters. The van der Waals surface area contributed by atoms with Crippen LogP contribution in [0.5, 0.6) is 0 Å². The highest BCUT2D eigenvalue weighted by Crippen LogP contribution is 2.24. The Morgan fingerprint density at radius 1 is 0.842 bits per heavy atom. The fourth-order valence-corrected chi connectivity index (χ4v) is 2.87. The number of hydrogen-bond donors (Lipinski definition) is 0. The number of benzene rings is 2. The second kappa shape index (κ2) is 5.21. The topological polar surface area (TPSA) is 0 Å². The Bertz CT molecular complexity index is 653. The van der Waals surface area contributed by atoms with Crippen LogP contribution in [-0.2, 0) is 25.7 Å². The van der Waals surface area contributed by atoms with E-state index in [1.807, 2.05) is 6.92 Å². The summed E-state index contributed by atoms with van der Waals surface area (Å²) in [5.74, 6) is -0.411. The summed E-state index contributed by atoms with van der Waals surface area (Å²) in [6, 6.07) is 15.3. The SMILES string of the molecule is [2H]C([2H])([2H])C(C)c1cc2ccc1CCc1ccc(cc1)CC2. The van der Waals surface area contributed by atoms with E-state index in [1.165, 1.54) is 22.3 Å². The predicted octanol–water partition coefficient (Wildman–Crippen LogP) is 4.69. The molecule has 2 aromatic rings. The summed E-state index contributed by atoms with van der Waals surface area (Å²) >= 11 is 0. The van der Waals surface area contributed by atoms with Crippen molar-refractivity contribution < 1.29 is 4.11 Å². The zero-order chi connectivity index (χ0) is 15.7. The minimum absolute atomic E-state index is 0.411. The lowest BCUT2D eigenvalue weighted by Crippen LogP contribution is -2.03. The molecule has 0 aliphatic heterocycles. The Kier molecular flexibility index (Phi) is 2.56. The van der Waals surface area contributed by atoms with Gasteiger partial charge in [-0.2, -0.15) is 0 Å². The van der Waals surface area contributed by atoms with Crippen molar-refractivity contribution in [3.8, 4) is 0 Å². The summed E-state index contributed by atoms with van der Waals surface area (Å²) in [6.07, 6.45) is 3.82. The second-order valence-corrected chi connectivity index (χ2v) is 5.57. The van der Waals surface area contributed by atoms with E-state index < -0.39 is 12.8 Å². The van der Waals surface area contributed by atoms with Gasteiger partial charge in [0, 0.05) is 4.11 Å². The molecule has 1 unspecified atom stereocenters. The number of hydrogen-bond acceptors (Lipinski definition) is 0. The van der Waals surface area contributed by atoms with Crippen molar-refractivity contribution in [2.24, 2.45) is 0 Å². The van der Waals surface area contributed by atoms with E-state index >= 15 is 0 Å². The molecular weight excluding hydrogens is 228 g/mol. The summed E-state index contributed by atoms with van der Waals surface area (Å²) in [5.41, 5.74) is 6.09. The molecule has 0 radical (unpaired) electrons. The molecule has 19 heavy (non-hydrogen) atoms. The maximum Gasteiger partial charge on any atom is 0.0236 e. The molecule has 0 N–H and O–H groups in total. The van der Waals surface area contributed by atoms with Crippen molar-refractivity contribution in [3.63, 3.8) is 0 Å². The van der Waals surface area contributed by atoms with Crippen LogP contribution in [0.25, 0.3) is 0 Å². The van der Waals surface area contributed by atoms with Crippen LogP contribution in [0.3, 0.4) is 0 Å². The van der Waals surface area contributed by atoms with Gasteiger partial charge in [0.25, 0.3) is 0 Å². The highest BCUT2D eigenvalue weighted by molar-refractivity contribution is 5.36. The van der Waals surface area contributed by atoms with Crippen LogP contribution in [0.15, 0.2) is 42.5 Å². The molecule has 0 saturated heterocycles. The lowest BCUT2D eigenvalue weighted by atomic mass is 9.89. The predicted molar refractivity (Wildman–Crippen MR) is 81.8 cm³/mol. The van der Waals surface area contributed by atoms with Crippen LogP contribution in [0, 0.1) is 0 Å². The van der Waals surface area contributed by atoms with Gasteiger partial charge in [-0.05, 0) is 59.4 Å². The Morgan fingerprint density at radius 2 is 1.42 bits per heavy atom. The molecule has 4 bridgehead atoms. The normalized spacial score (nSPS) is 18.9. The van der Waals surface area contributed by atoms with Crippen LogP contribution in [-0.4, -0.2) is 0 Å². The largest absolute Gasteiger partial charge is 0.0588 e. The van der Waals surface area contributed by atoms with Gasteiger partial charge in [0.15, 0.2) is 0 Å². The van der Waals surface area contributed by atoms with E-state index in [1.54, 1.807) is 0 Å². The summed E-state index contributed by atoms with van der Waals surface area (Å²) in [6.45, 7) is -0.111. The van der Waals surface area contributed by atoms with Gasteiger partial charge in [-0.1, -0.05) is 56.2 Å². The minimum atomic E-state index is -1.94. The lowest BCUT2D eigenvalue weighted by Gasteiger charge is -2.16. The number of rotatable bonds is 1. The molecular formula is C19H22. The van der Waals surface area contributed by atoms with Gasteiger partial charge in [-0.3, -0.25) is 0 Å². The second-order valence-electron chi connectivity index (χ2n) is 5.57. The fraction of sp³-hybridized carbons (Fsp3) is 0.368. The molecule has 0 nitrogen and oxygen atoms in total. The molecule has 0 amide bonds. The summed E-state index contributed by atoms with van der Waals surface area (Å²) < 4.78 is 23.3. The molecule has 0 saturated carbocycles. The molecule has 2 aromatic carbocycles. The van der Waals surface area contributed by atoms with Crippen molar-refractivity contribution in [1.82, 2.24) is 0 Å². The highest BCUT2D eigenvalue weighted by Gasteiger charge is 2.09. The van der Waals surface area contributed by atoms with E-state index in [4.69, 9.17) is 4.11 Å². The first kappa shape index (κ1) is 9.36. The maximum absolute atomic E-state index is 7.75. The van der Waals surface area contributed by atoms with E-state index in [0.717, 1.165) is 31.2 Å². The zero-order valence-electron chi connectivity index (χ0n) is 14.4. The minimum Gasteiger partial charge on any atom is -0.0588 e.